The molecule has 1 aromatic rings. The lowest BCUT2D eigenvalue weighted by atomic mass is 9.56. The monoisotopic (exact) mass is 312 g/mol. The number of aryl methyl sites for hydroxylation is 1. The molecule has 0 saturated heterocycles. The lowest BCUT2D eigenvalue weighted by Gasteiger charge is -2.49. The summed E-state index contributed by atoms with van der Waals surface area (Å²) in [6.07, 6.45) is 8.74. The van der Waals surface area contributed by atoms with E-state index in [2.05, 4.69) is 31.7 Å². The van der Waals surface area contributed by atoms with Crippen molar-refractivity contribution in [2.45, 2.75) is 57.5 Å². The summed E-state index contributed by atoms with van der Waals surface area (Å²) in [6, 6.07) is 6.67. The quantitative estimate of drug-likeness (QED) is 0.835. The van der Waals surface area contributed by atoms with Crippen LogP contribution in [-0.2, 0) is 6.42 Å². The molecule has 2 fully saturated rings. The number of aliphatic hydroxyl groups is 1. The number of benzene rings is 1. The van der Waals surface area contributed by atoms with Crippen LogP contribution in [0, 0.1) is 17.3 Å². The van der Waals surface area contributed by atoms with E-state index in [-0.39, 0.29) is 6.10 Å². The van der Waals surface area contributed by atoms with Crippen LogP contribution in [0.2, 0.25) is 0 Å². The minimum absolute atomic E-state index is 0.0696. The van der Waals surface area contributed by atoms with Crippen molar-refractivity contribution in [1.82, 2.24) is 0 Å². The highest BCUT2D eigenvalue weighted by molar-refractivity contribution is 5.40. The van der Waals surface area contributed by atoms with Crippen LogP contribution in [0.5, 0.6) is 5.75 Å². The normalized spacial score (nSPS) is 38.3. The predicted molar refractivity (Wildman–Crippen MR) is 92.8 cm³/mol. The molecule has 2 saturated carbocycles. The summed E-state index contributed by atoms with van der Waals surface area (Å²) in [7, 11) is 0. The van der Waals surface area contributed by atoms with Crippen LogP contribution >= 0.6 is 0 Å². The highest BCUT2D eigenvalue weighted by atomic mass is 16.5. The van der Waals surface area contributed by atoms with Crippen LogP contribution in [0.4, 0.5) is 0 Å². The molecule has 0 bridgehead atoms. The summed E-state index contributed by atoms with van der Waals surface area (Å²) in [4.78, 5) is 0. The fourth-order valence-electron chi connectivity index (χ4n) is 5.83. The zero-order chi connectivity index (χ0) is 16.0. The first-order valence-electron chi connectivity index (χ1n) is 9.15. The molecule has 0 aromatic heterocycles. The highest BCUT2D eigenvalue weighted by Crippen LogP contribution is 2.60. The Bertz CT molecular complexity index is 608. The molecule has 4 rings (SSSR count). The van der Waals surface area contributed by atoms with Crippen LogP contribution in [0.3, 0.4) is 0 Å². The van der Waals surface area contributed by atoms with Gasteiger partial charge >= 0.3 is 0 Å². The number of hydrogen-bond acceptors (Lipinski definition) is 2. The number of ether oxygens (including phenoxy) is 1. The summed E-state index contributed by atoms with van der Waals surface area (Å²) in [5, 5.41) is 10.2. The fraction of sp³-hybridized carbons (Fsp3) is 0.619. The number of hydrogen-bond donors (Lipinski definition) is 1. The number of rotatable bonds is 3. The molecule has 0 spiro atoms. The van der Waals surface area contributed by atoms with Crippen molar-refractivity contribution < 1.29 is 9.84 Å². The molecule has 0 radical (unpaired) electrons. The van der Waals surface area contributed by atoms with Gasteiger partial charge < -0.3 is 9.84 Å². The standard InChI is InChI=1S/C21H28O2/c1-3-10-23-16-5-7-17-14(11-16)4-6-19-18(17)8-9-21(2)13-15(22)12-20(19)21/h3,5,7,11,15,18-20,22H,1,4,6,8-10,12-13H2,2H3/t15-,18-,19-,20-,21-/m0/s1. The molecule has 3 aliphatic rings. The molecule has 5 atom stereocenters. The third kappa shape index (κ3) is 2.52. The van der Waals surface area contributed by atoms with E-state index in [0.717, 1.165) is 30.9 Å². The van der Waals surface area contributed by atoms with Crippen molar-refractivity contribution in [3.8, 4) is 5.75 Å². The lowest BCUT2D eigenvalue weighted by molar-refractivity contribution is 0.0595. The van der Waals surface area contributed by atoms with Crippen molar-refractivity contribution >= 4 is 0 Å². The van der Waals surface area contributed by atoms with Crippen LogP contribution in [0.15, 0.2) is 30.9 Å². The lowest BCUT2D eigenvalue weighted by Crippen LogP contribution is -2.39. The molecular formula is C21H28O2. The first kappa shape index (κ1) is 15.3. The molecule has 2 heteroatoms. The highest BCUT2D eigenvalue weighted by Gasteiger charge is 2.52. The van der Waals surface area contributed by atoms with Gasteiger partial charge in [-0.05, 0) is 85.0 Å². The van der Waals surface area contributed by atoms with Gasteiger partial charge in [-0.3, -0.25) is 0 Å². The molecule has 0 unspecified atom stereocenters. The minimum atomic E-state index is -0.0696. The van der Waals surface area contributed by atoms with E-state index < -0.39 is 0 Å². The average Bonchev–Trinajstić information content (AvgIpc) is 2.86. The second kappa shape index (κ2) is 5.66. The van der Waals surface area contributed by atoms with Gasteiger partial charge in [0.2, 0.25) is 0 Å². The third-order valence-corrected chi connectivity index (χ3v) is 6.81. The summed E-state index contributed by atoms with van der Waals surface area (Å²) in [5.41, 5.74) is 3.41. The Labute approximate surface area is 139 Å². The van der Waals surface area contributed by atoms with E-state index in [1.807, 2.05) is 0 Å². The fourth-order valence-corrected chi connectivity index (χ4v) is 5.83. The maximum absolute atomic E-state index is 10.2. The number of aliphatic hydroxyl groups excluding tert-OH is 1. The summed E-state index contributed by atoms with van der Waals surface area (Å²) >= 11 is 0. The van der Waals surface area contributed by atoms with Crippen molar-refractivity contribution in [2.24, 2.45) is 17.3 Å². The van der Waals surface area contributed by atoms with Gasteiger partial charge in [0.15, 0.2) is 0 Å². The molecule has 2 nitrogen and oxygen atoms in total. The van der Waals surface area contributed by atoms with Gasteiger partial charge in [-0.15, -0.1) is 0 Å². The largest absolute Gasteiger partial charge is 0.490 e. The minimum Gasteiger partial charge on any atom is -0.490 e. The average molecular weight is 312 g/mol. The van der Waals surface area contributed by atoms with Gasteiger partial charge in [-0.2, -0.15) is 0 Å². The Morgan fingerprint density at radius 2 is 2.26 bits per heavy atom. The van der Waals surface area contributed by atoms with Gasteiger partial charge in [0.1, 0.15) is 12.4 Å². The molecule has 0 aliphatic heterocycles. The van der Waals surface area contributed by atoms with E-state index in [1.165, 1.54) is 24.8 Å². The van der Waals surface area contributed by atoms with Crippen LogP contribution in [-0.4, -0.2) is 17.8 Å². The van der Waals surface area contributed by atoms with Gasteiger partial charge in [0, 0.05) is 0 Å². The summed E-state index contributed by atoms with van der Waals surface area (Å²) < 4.78 is 5.71. The van der Waals surface area contributed by atoms with Crippen molar-refractivity contribution in [3.63, 3.8) is 0 Å². The molecule has 23 heavy (non-hydrogen) atoms. The second-order valence-electron chi connectivity index (χ2n) is 8.16. The maximum Gasteiger partial charge on any atom is 0.120 e. The Morgan fingerprint density at radius 3 is 3.09 bits per heavy atom. The van der Waals surface area contributed by atoms with Crippen LogP contribution < -0.4 is 4.74 Å². The topological polar surface area (TPSA) is 29.5 Å². The maximum atomic E-state index is 10.2. The molecular weight excluding hydrogens is 284 g/mol. The van der Waals surface area contributed by atoms with Crippen molar-refractivity contribution in [2.75, 3.05) is 6.61 Å². The Hall–Kier alpha value is -1.28. The Morgan fingerprint density at radius 1 is 1.39 bits per heavy atom. The summed E-state index contributed by atoms with van der Waals surface area (Å²) in [5.74, 6) is 3.13. The molecule has 0 heterocycles. The van der Waals surface area contributed by atoms with Crippen LogP contribution in [0.25, 0.3) is 0 Å². The SMILES string of the molecule is C=CCOc1ccc2c(c1)CC[C@H]1[C@H]2CC[C@@]2(C)C[C@@H](O)C[C@@H]12. The van der Waals surface area contributed by atoms with Gasteiger partial charge in [-0.1, -0.05) is 25.6 Å². The molecule has 1 aromatic carbocycles. The van der Waals surface area contributed by atoms with Crippen molar-refractivity contribution in [1.29, 1.82) is 0 Å². The van der Waals surface area contributed by atoms with Crippen molar-refractivity contribution in [3.05, 3.63) is 42.0 Å². The Balaban J connectivity index is 1.60. The molecule has 124 valence electrons. The van der Waals surface area contributed by atoms with E-state index in [1.54, 1.807) is 11.6 Å². The Kier molecular flexibility index (Phi) is 3.76. The van der Waals surface area contributed by atoms with Gasteiger partial charge in [0.05, 0.1) is 6.10 Å². The zero-order valence-electron chi connectivity index (χ0n) is 14.1. The molecule has 1 N–H and O–H groups in total. The molecule has 0 amide bonds. The zero-order valence-corrected chi connectivity index (χ0v) is 14.1. The van der Waals surface area contributed by atoms with Crippen LogP contribution in [0.1, 0.15) is 56.1 Å². The van der Waals surface area contributed by atoms with Gasteiger partial charge in [0.25, 0.3) is 0 Å². The van der Waals surface area contributed by atoms with E-state index in [9.17, 15) is 5.11 Å². The third-order valence-electron chi connectivity index (χ3n) is 6.81. The van der Waals surface area contributed by atoms with E-state index in [0.29, 0.717) is 23.9 Å². The first-order valence-corrected chi connectivity index (χ1v) is 9.15. The van der Waals surface area contributed by atoms with Gasteiger partial charge in [-0.25, -0.2) is 0 Å². The predicted octanol–water partition coefficient (Wildman–Crippen LogP) is 4.47. The number of fused-ring (bicyclic) bond motifs is 5. The smallest absolute Gasteiger partial charge is 0.120 e. The first-order chi connectivity index (χ1) is 11.1. The second-order valence-corrected chi connectivity index (χ2v) is 8.16. The molecule has 3 aliphatic carbocycles. The van der Waals surface area contributed by atoms with E-state index in [4.69, 9.17) is 4.74 Å². The summed E-state index contributed by atoms with van der Waals surface area (Å²) in [6.45, 7) is 6.71. The van der Waals surface area contributed by atoms with E-state index >= 15 is 0 Å².